The number of carbonyl (C=O) groups excluding carboxylic acids is 2. The maximum absolute atomic E-state index is 12.7. The Hall–Kier alpha value is -2.82. The molecular formula is C20H22N2O3. The summed E-state index contributed by atoms with van der Waals surface area (Å²) < 4.78 is 0. The molecule has 2 aromatic carbocycles. The van der Waals surface area contributed by atoms with Crippen LogP contribution in [0.1, 0.15) is 28.4 Å². The van der Waals surface area contributed by atoms with E-state index in [1.54, 1.807) is 30.0 Å². The van der Waals surface area contributed by atoms with Gasteiger partial charge in [-0.25, -0.2) is 0 Å². The average Bonchev–Trinajstić information content (AvgIpc) is 2.61. The maximum atomic E-state index is 12.7. The van der Waals surface area contributed by atoms with E-state index >= 15 is 0 Å². The SMILES string of the molecule is Cc1ccc(CN2CCN(C(=O)c3ccccc3O)[C@@H](C)C2=O)cc1. The van der Waals surface area contributed by atoms with E-state index in [0.717, 1.165) is 5.56 Å². The van der Waals surface area contributed by atoms with Gasteiger partial charge in [-0.1, -0.05) is 42.0 Å². The Bertz CT molecular complexity index is 786. The van der Waals surface area contributed by atoms with Crippen molar-refractivity contribution in [2.24, 2.45) is 0 Å². The molecule has 5 nitrogen and oxygen atoms in total. The molecule has 1 heterocycles. The fourth-order valence-electron chi connectivity index (χ4n) is 3.09. The highest BCUT2D eigenvalue weighted by Crippen LogP contribution is 2.22. The van der Waals surface area contributed by atoms with Crippen molar-refractivity contribution in [2.75, 3.05) is 13.1 Å². The van der Waals surface area contributed by atoms with Crippen molar-refractivity contribution >= 4 is 11.8 Å². The van der Waals surface area contributed by atoms with Crippen LogP contribution in [0.25, 0.3) is 0 Å². The Labute approximate surface area is 147 Å². The molecule has 2 aromatic rings. The van der Waals surface area contributed by atoms with Gasteiger partial charge in [-0.15, -0.1) is 0 Å². The third-order valence-corrected chi connectivity index (χ3v) is 4.64. The predicted molar refractivity (Wildman–Crippen MR) is 95.2 cm³/mol. The lowest BCUT2D eigenvalue weighted by Crippen LogP contribution is -2.57. The first-order chi connectivity index (χ1) is 12.0. The van der Waals surface area contributed by atoms with Gasteiger partial charge < -0.3 is 14.9 Å². The smallest absolute Gasteiger partial charge is 0.258 e. The second-order valence-corrected chi connectivity index (χ2v) is 6.44. The van der Waals surface area contributed by atoms with E-state index in [1.807, 2.05) is 31.2 Å². The molecule has 0 aromatic heterocycles. The van der Waals surface area contributed by atoms with Gasteiger partial charge in [0.05, 0.1) is 5.56 Å². The van der Waals surface area contributed by atoms with Gasteiger partial charge in [-0.2, -0.15) is 0 Å². The molecule has 0 bridgehead atoms. The number of amides is 2. The summed E-state index contributed by atoms with van der Waals surface area (Å²) in [5, 5.41) is 9.89. The fourth-order valence-corrected chi connectivity index (χ4v) is 3.09. The van der Waals surface area contributed by atoms with Gasteiger partial charge in [0, 0.05) is 19.6 Å². The van der Waals surface area contributed by atoms with E-state index in [9.17, 15) is 14.7 Å². The van der Waals surface area contributed by atoms with E-state index in [2.05, 4.69) is 0 Å². The molecule has 1 aliphatic heterocycles. The summed E-state index contributed by atoms with van der Waals surface area (Å²) in [6.07, 6.45) is 0. The van der Waals surface area contributed by atoms with Gasteiger partial charge in [-0.05, 0) is 31.5 Å². The highest BCUT2D eigenvalue weighted by Gasteiger charge is 2.35. The van der Waals surface area contributed by atoms with Gasteiger partial charge in [0.2, 0.25) is 5.91 Å². The molecule has 25 heavy (non-hydrogen) atoms. The van der Waals surface area contributed by atoms with Crippen molar-refractivity contribution in [1.82, 2.24) is 9.80 Å². The highest BCUT2D eigenvalue weighted by molar-refractivity contribution is 6.00. The average molecular weight is 338 g/mol. The Kier molecular flexibility index (Phi) is 4.74. The molecule has 3 rings (SSSR count). The number of phenolic OH excluding ortho intramolecular Hbond substituents is 1. The zero-order chi connectivity index (χ0) is 18.0. The number of piperazine rings is 1. The molecule has 1 saturated heterocycles. The van der Waals surface area contributed by atoms with Crippen LogP contribution in [0.4, 0.5) is 0 Å². The van der Waals surface area contributed by atoms with Crippen LogP contribution in [-0.4, -0.2) is 45.9 Å². The largest absolute Gasteiger partial charge is 0.507 e. The summed E-state index contributed by atoms with van der Waals surface area (Å²) in [7, 11) is 0. The summed E-state index contributed by atoms with van der Waals surface area (Å²) in [6.45, 7) is 5.24. The minimum atomic E-state index is -0.550. The summed E-state index contributed by atoms with van der Waals surface area (Å²) in [6, 6.07) is 14.0. The van der Waals surface area contributed by atoms with Crippen LogP contribution in [0.5, 0.6) is 5.75 Å². The number of benzene rings is 2. The summed E-state index contributed by atoms with van der Waals surface area (Å²) in [4.78, 5) is 28.7. The van der Waals surface area contributed by atoms with E-state index in [-0.39, 0.29) is 23.1 Å². The van der Waals surface area contributed by atoms with Crippen LogP contribution < -0.4 is 0 Å². The Morgan fingerprint density at radius 1 is 1.12 bits per heavy atom. The van der Waals surface area contributed by atoms with Crippen molar-refractivity contribution in [2.45, 2.75) is 26.4 Å². The van der Waals surface area contributed by atoms with Gasteiger partial charge in [0.25, 0.3) is 5.91 Å². The van der Waals surface area contributed by atoms with E-state index < -0.39 is 6.04 Å². The lowest BCUT2D eigenvalue weighted by molar-refractivity contribution is -0.140. The number of nitrogens with zero attached hydrogens (tertiary/aromatic N) is 2. The van der Waals surface area contributed by atoms with Crippen molar-refractivity contribution < 1.29 is 14.7 Å². The van der Waals surface area contributed by atoms with Gasteiger partial charge in [0.1, 0.15) is 11.8 Å². The fraction of sp³-hybridized carbons (Fsp3) is 0.300. The molecule has 0 spiro atoms. The number of para-hydroxylation sites is 1. The molecule has 1 atom stereocenters. The molecular weight excluding hydrogens is 316 g/mol. The van der Waals surface area contributed by atoms with Crippen LogP contribution in [0, 0.1) is 6.92 Å². The Morgan fingerprint density at radius 3 is 2.48 bits per heavy atom. The monoisotopic (exact) mass is 338 g/mol. The molecule has 5 heteroatoms. The first kappa shape index (κ1) is 17.0. The lowest BCUT2D eigenvalue weighted by atomic mass is 10.1. The summed E-state index contributed by atoms with van der Waals surface area (Å²) >= 11 is 0. The second-order valence-electron chi connectivity index (χ2n) is 6.44. The van der Waals surface area contributed by atoms with Crippen molar-refractivity contribution in [3.63, 3.8) is 0 Å². The standard InChI is InChI=1S/C20H22N2O3/c1-14-7-9-16(10-8-14)13-21-11-12-22(15(2)19(21)24)20(25)17-5-3-4-6-18(17)23/h3-10,15,23H,11-13H2,1-2H3/t15-/m0/s1. The van der Waals surface area contributed by atoms with E-state index in [0.29, 0.717) is 19.6 Å². The molecule has 0 radical (unpaired) electrons. The number of hydrogen-bond donors (Lipinski definition) is 1. The van der Waals surface area contributed by atoms with Gasteiger partial charge in [-0.3, -0.25) is 9.59 Å². The number of aromatic hydroxyl groups is 1. The molecule has 0 saturated carbocycles. The second kappa shape index (κ2) is 6.97. The Balaban J connectivity index is 1.72. The number of hydrogen-bond acceptors (Lipinski definition) is 3. The first-order valence-electron chi connectivity index (χ1n) is 8.40. The quantitative estimate of drug-likeness (QED) is 0.936. The summed E-state index contributed by atoms with van der Waals surface area (Å²) in [5.74, 6) is -0.446. The van der Waals surface area contributed by atoms with Crippen molar-refractivity contribution in [3.05, 3.63) is 65.2 Å². The van der Waals surface area contributed by atoms with Crippen LogP contribution in [-0.2, 0) is 11.3 Å². The number of phenols is 1. The third-order valence-electron chi connectivity index (χ3n) is 4.64. The minimum Gasteiger partial charge on any atom is -0.507 e. The lowest BCUT2D eigenvalue weighted by Gasteiger charge is -2.39. The van der Waals surface area contributed by atoms with Crippen LogP contribution >= 0.6 is 0 Å². The van der Waals surface area contributed by atoms with E-state index in [4.69, 9.17) is 0 Å². The van der Waals surface area contributed by atoms with Gasteiger partial charge >= 0.3 is 0 Å². The molecule has 1 N–H and O–H groups in total. The highest BCUT2D eigenvalue weighted by atomic mass is 16.3. The minimum absolute atomic E-state index is 0.0609. The molecule has 2 amide bonds. The van der Waals surface area contributed by atoms with Crippen molar-refractivity contribution in [3.8, 4) is 5.75 Å². The topological polar surface area (TPSA) is 60.9 Å². The summed E-state index contributed by atoms with van der Waals surface area (Å²) in [5.41, 5.74) is 2.49. The van der Waals surface area contributed by atoms with Crippen molar-refractivity contribution in [1.29, 1.82) is 0 Å². The number of aryl methyl sites for hydroxylation is 1. The molecule has 130 valence electrons. The third kappa shape index (κ3) is 3.50. The number of rotatable bonds is 3. The Morgan fingerprint density at radius 2 is 1.80 bits per heavy atom. The molecule has 1 fully saturated rings. The normalized spacial score (nSPS) is 17.7. The predicted octanol–water partition coefficient (Wildman–Crippen LogP) is 2.57. The number of carbonyl (C=O) groups is 2. The van der Waals surface area contributed by atoms with E-state index in [1.165, 1.54) is 16.5 Å². The van der Waals surface area contributed by atoms with Gasteiger partial charge in [0.15, 0.2) is 0 Å². The molecule has 0 unspecified atom stereocenters. The first-order valence-corrected chi connectivity index (χ1v) is 8.40. The maximum Gasteiger partial charge on any atom is 0.258 e. The van der Waals surface area contributed by atoms with Crippen LogP contribution in [0.3, 0.4) is 0 Å². The van der Waals surface area contributed by atoms with Crippen LogP contribution in [0.2, 0.25) is 0 Å². The van der Waals surface area contributed by atoms with Crippen LogP contribution in [0.15, 0.2) is 48.5 Å². The zero-order valence-electron chi connectivity index (χ0n) is 14.5. The zero-order valence-corrected chi connectivity index (χ0v) is 14.5. The molecule has 0 aliphatic carbocycles. The molecule has 1 aliphatic rings.